The highest BCUT2D eigenvalue weighted by Crippen LogP contribution is 2.35. The van der Waals surface area contributed by atoms with Gasteiger partial charge >= 0.3 is 5.97 Å². The Morgan fingerprint density at radius 3 is 2.34 bits per heavy atom. The summed E-state index contributed by atoms with van der Waals surface area (Å²) < 4.78 is 19.5. The fourth-order valence-corrected chi connectivity index (χ4v) is 6.80. The van der Waals surface area contributed by atoms with E-state index in [1.165, 1.54) is 11.3 Å². The van der Waals surface area contributed by atoms with Crippen molar-refractivity contribution in [3.05, 3.63) is 155 Å². The van der Waals surface area contributed by atoms with Crippen molar-refractivity contribution in [1.29, 1.82) is 0 Å². The fourth-order valence-electron chi connectivity index (χ4n) is 5.34. The number of carbonyl (C=O) groups excluding carboxylic acids is 1. The van der Waals surface area contributed by atoms with Crippen molar-refractivity contribution in [2.45, 2.75) is 26.5 Å². The number of thiazole rings is 1. The van der Waals surface area contributed by atoms with Gasteiger partial charge in [-0.2, -0.15) is 0 Å². The third kappa shape index (κ3) is 6.90. The summed E-state index contributed by atoms with van der Waals surface area (Å²) in [6.07, 6.45) is 1.80. The Balaban J connectivity index is 1.45. The van der Waals surface area contributed by atoms with Gasteiger partial charge in [-0.1, -0.05) is 107 Å². The van der Waals surface area contributed by atoms with Crippen molar-refractivity contribution in [1.82, 2.24) is 4.57 Å². The van der Waals surface area contributed by atoms with Gasteiger partial charge in [0.05, 0.1) is 35.1 Å². The van der Waals surface area contributed by atoms with E-state index < -0.39 is 12.0 Å². The number of nitrogens with zero attached hydrogens (tertiary/aromatic N) is 2. The smallest absolute Gasteiger partial charge is 0.338 e. The summed E-state index contributed by atoms with van der Waals surface area (Å²) in [6, 6.07) is 28.9. The molecule has 0 bridgehead atoms. The molecule has 0 saturated heterocycles. The lowest BCUT2D eigenvalue weighted by Crippen LogP contribution is -2.39. The third-order valence-electron chi connectivity index (χ3n) is 7.45. The van der Waals surface area contributed by atoms with Gasteiger partial charge < -0.3 is 14.2 Å². The largest absolute Gasteiger partial charge is 0.490 e. The lowest BCUT2D eigenvalue weighted by atomic mass is 9.93. The van der Waals surface area contributed by atoms with Gasteiger partial charge in [-0.05, 0) is 55.3 Å². The van der Waals surface area contributed by atoms with Crippen LogP contribution in [0, 0.1) is 0 Å². The molecule has 0 spiro atoms. The Kier molecular flexibility index (Phi) is 9.92. The molecular weight excluding hydrogens is 655 g/mol. The van der Waals surface area contributed by atoms with E-state index in [-0.39, 0.29) is 18.8 Å². The van der Waals surface area contributed by atoms with Gasteiger partial charge in [-0.15, -0.1) is 0 Å². The normalized spacial score (nSPS) is 14.4. The maximum absolute atomic E-state index is 14.2. The lowest BCUT2D eigenvalue weighted by molar-refractivity contribution is -0.138. The number of rotatable bonds is 10. The van der Waals surface area contributed by atoms with Crippen LogP contribution in [0.15, 0.2) is 112 Å². The van der Waals surface area contributed by atoms with Gasteiger partial charge in [-0.25, -0.2) is 9.79 Å². The quantitative estimate of drug-likeness (QED) is 0.145. The standard InChI is InChI=1S/C37H30Cl2N2O5S/c1-3-44-30-19-23(15-18-29(30)46-22-26-16-17-27(38)21-28(26)39)20-31-35(42)41-34(25-13-9-6-10-14-25)32(36(43)45-4-2)33(40-37(41)47-31)24-11-7-5-8-12-24/h5-21,34H,3-4,22H2,1-2H3/b31-20-/t34-/m0/s1. The summed E-state index contributed by atoms with van der Waals surface area (Å²) >= 11 is 13.6. The zero-order valence-corrected chi connectivity index (χ0v) is 27.9. The highest BCUT2D eigenvalue weighted by molar-refractivity contribution is 7.07. The minimum Gasteiger partial charge on any atom is -0.490 e. The second-order valence-corrected chi connectivity index (χ2v) is 12.4. The fraction of sp³-hybridized carbons (Fsp3) is 0.162. The Bertz CT molecular complexity index is 2140. The van der Waals surface area contributed by atoms with Crippen molar-refractivity contribution < 1.29 is 19.0 Å². The van der Waals surface area contributed by atoms with E-state index in [4.69, 9.17) is 42.4 Å². The van der Waals surface area contributed by atoms with Crippen molar-refractivity contribution in [2.75, 3.05) is 13.2 Å². The molecule has 0 saturated carbocycles. The Morgan fingerprint density at radius 1 is 0.894 bits per heavy atom. The number of aromatic nitrogens is 1. The SMILES string of the molecule is CCOC(=O)C1=C(c2ccccc2)N=c2s/c(=C\c3ccc(OCc4ccc(Cl)cc4Cl)c(OCC)c3)c(=O)n2[C@H]1c1ccccc1. The number of carbonyl (C=O) groups is 1. The summed E-state index contributed by atoms with van der Waals surface area (Å²) in [5.41, 5.74) is 3.56. The number of fused-ring (bicyclic) bond motifs is 1. The Hall–Kier alpha value is -4.63. The van der Waals surface area contributed by atoms with E-state index in [0.717, 1.165) is 22.3 Å². The summed E-state index contributed by atoms with van der Waals surface area (Å²) in [6.45, 7) is 4.47. The van der Waals surface area contributed by atoms with Crippen LogP contribution in [-0.2, 0) is 16.1 Å². The number of benzene rings is 4. The number of hydrogen-bond donors (Lipinski definition) is 0. The molecule has 47 heavy (non-hydrogen) atoms. The number of halogens is 2. The van der Waals surface area contributed by atoms with Crippen LogP contribution in [0.2, 0.25) is 10.0 Å². The monoisotopic (exact) mass is 684 g/mol. The predicted octanol–water partition coefficient (Wildman–Crippen LogP) is 7.22. The zero-order valence-electron chi connectivity index (χ0n) is 25.6. The average Bonchev–Trinajstić information content (AvgIpc) is 3.39. The lowest BCUT2D eigenvalue weighted by Gasteiger charge is -2.25. The second kappa shape index (κ2) is 14.4. The zero-order chi connectivity index (χ0) is 32.9. The van der Waals surface area contributed by atoms with Gasteiger partial charge in [0.15, 0.2) is 16.3 Å². The van der Waals surface area contributed by atoms with Crippen LogP contribution in [0.25, 0.3) is 11.8 Å². The molecule has 238 valence electrons. The molecule has 1 atom stereocenters. The van der Waals surface area contributed by atoms with E-state index in [1.54, 1.807) is 35.8 Å². The molecule has 1 aromatic heterocycles. The first-order chi connectivity index (χ1) is 22.9. The van der Waals surface area contributed by atoms with Crippen molar-refractivity contribution in [3.63, 3.8) is 0 Å². The van der Waals surface area contributed by atoms with Crippen molar-refractivity contribution >= 4 is 52.3 Å². The molecule has 6 rings (SSSR count). The molecule has 0 radical (unpaired) electrons. The molecule has 0 aliphatic carbocycles. The van der Waals surface area contributed by atoms with E-state index in [0.29, 0.717) is 48.8 Å². The second-order valence-electron chi connectivity index (χ2n) is 10.5. The highest BCUT2D eigenvalue weighted by Gasteiger charge is 2.35. The number of esters is 1. The third-order valence-corrected chi connectivity index (χ3v) is 9.02. The minimum atomic E-state index is -0.738. The van der Waals surface area contributed by atoms with Crippen LogP contribution in [0.1, 0.15) is 42.1 Å². The first-order valence-corrected chi connectivity index (χ1v) is 16.6. The molecule has 0 unspecified atom stereocenters. The van der Waals surface area contributed by atoms with Gasteiger partial charge in [0, 0.05) is 21.2 Å². The molecule has 1 aliphatic rings. The van der Waals surface area contributed by atoms with Crippen LogP contribution in [0.3, 0.4) is 0 Å². The molecule has 4 aromatic carbocycles. The van der Waals surface area contributed by atoms with Gasteiger partial charge in [0.2, 0.25) is 0 Å². The summed E-state index contributed by atoms with van der Waals surface area (Å²) in [7, 11) is 0. The topological polar surface area (TPSA) is 79.1 Å². The van der Waals surface area contributed by atoms with E-state index >= 15 is 0 Å². The Labute approximate surface area is 285 Å². The molecule has 7 nitrogen and oxygen atoms in total. The summed E-state index contributed by atoms with van der Waals surface area (Å²) in [4.78, 5) is 33.2. The minimum absolute atomic E-state index is 0.185. The van der Waals surface area contributed by atoms with Crippen molar-refractivity contribution in [2.24, 2.45) is 4.99 Å². The van der Waals surface area contributed by atoms with E-state index in [9.17, 15) is 9.59 Å². The van der Waals surface area contributed by atoms with Crippen LogP contribution < -0.4 is 24.4 Å². The molecular formula is C37H30Cl2N2O5S. The maximum atomic E-state index is 14.2. The maximum Gasteiger partial charge on any atom is 0.338 e. The van der Waals surface area contributed by atoms with Gasteiger partial charge in [0.1, 0.15) is 6.61 Å². The van der Waals surface area contributed by atoms with Crippen LogP contribution in [0.4, 0.5) is 0 Å². The molecule has 5 aromatic rings. The molecule has 0 amide bonds. The molecule has 0 N–H and O–H groups in total. The number of hydrogen-bond acceptors (Lipinski definition) is 7. The first-order valence-electron chi connectivity index (χ1n) is 15.0. The van der Waals surface area contributed by atoms with Crippen LogP contribution in [-0.4, -0.2) is 23.8 Å². The van der Waals surface area contributed by atoms with Gasteiger partial charge in [0.25, 0.3) is 5.56 Å². The van der Waals surface area contributed by atoms with Crippen LogP contribution >= 0.6 is 34.5 Å². The van der Waals surface area contributed by atoms with Crippen LogP contribution in [0.5, 0.6) is 11.5 Å². The summed E-state index contributed by atoms with van der Waals surface area (Å²) in [5, 5.41) is 1.06. The first kappa shape index (κ1) is 32.3. The molecule has 10 heteroatoms. The van der Waals surface area contributed by atoms with Gasteiger partial charge in [-0.3, -0.25) is 9.36 Å². The van der Waals surface area contributed by atoms with E-state index in [2.05, 4.69) is 0 Å². The number of ether oxygens (including phenoxy) is 3. The summed E-state index contributed by atoms with van der Waals surface area (Å²) in [5.74, 6) is 0.541. The highest BCUT2D eigenvalue weighted by atomic mass is 35.5. The Morgan fingerprint density at radius 2 is 1.64 bits per heavy atom. The molecule has 1 aliphatic heterocycles. The average molecular weight is 686 g/mol. The van der Waals surface area contributed by atoms with Crippen molar-refractivity contribution in [3.8, 4) is 11.5 Å². The molecule has 2 heterocycles. The molecule has 0 fully saturated rings. The van der Waals surface area contributed by atoms with E-state index in [1.807, 2.05) is 85.8 Å². The predicted molar refractivity (Wildman–Crippen MR) is 186 cm³/mol.